The highest BCUT2D eigenvalue weighted by atomic mass is 127. The number of hydrogen-bond acceptors (Lipinski definition) is 3. The van der Waals surface area contributed by atoms with E-state index in [4.69, 9.17) is 0 Å². The number of para-hydroxylation sites is 2. The Morgan fingerprint density at radius 1 is 1.17 bits per heavy atom. The molecule has 0 fully saturated rings. The first-order chi connectivity index (χ1) is 11.1. The fraction of sp³-hybridized carbons (Fsp3) is 0.0588. The summed E-state index contributed by atoms with van der Waals surface area (Å²) in [6, 6.07) is 14.4. The first-order valence-corrected chi connectivity index (χ1v) is 8.04. The third kappa shape index (κ3) is 3.21. The number of aromatic amines is 1. The normalized spacial score (nSPS) is 11.2. The summed E-state index contributed by atoms with van der Waals surface area (Å²) >= 11 is 2.22. The molecule has 0 radical (unpaired) electrons. The maximum absolute atomic E-state index is 12.6. The minimum atomic E-state index is -0.178. The van der Waals surface area contributed by atoms with Crippen molar-refractivity contribution in [1.29, 1.82) is 0 Å². The number of rotatable bonds is 3. The molecular formula is C17H14IN3O2. The van der Waals surface area contributed by atoms with E-state index in [0.29, 0.717) is 16.9 Å². The van der Waals surface area contributed by atoms with Gasteiger partial charge >= 0.3 is 0 Å². The molecule has 1 aromatic heterocycles. The van der Waals surface area contributed by atoms with Gasteiger partial charge in [-0.05, 0) is 65.9 Å². The van der Waals surface area contributed by atoms with E-state index in [1.807, 2.05) is 31.2 Å². The van der Waals surface area contributed by atoms with Gasteiger partial charge in [0.2, 0.25) is 0 Å². The number of halogens is 1. The molecule has 6 heteroatoms. The van der Waals surface area contributed by atoms with Crippen LogP contribution < -0.4 is 5.56 Å². The van der Waals surface area contributed by atoms with Crippen LogP contribution in [0.25, 0.3) is 5.69 Å². The Balaban J connectivity index is 2.00. The molecule has 23 heavy (non-hydrogen) atoms. The number of aromatic nitrogens is 2. The molecule has 0 saturated carbocycles. The van der Waals surface area contributed by atoms with E-state index in [-0.39, 0.29) is 11.3 Å². The van der Waals surface area contributed by atoms with Crippen LogP contribution in [0, 0.1) is 10.5 Å². The van der Waals surface area contributed by atoms with Gasteiger partial charge in [0.1, 0.15) is 11.4 Å². The van der Waals surface area contributed by atoms with Gasteiger partial charge in [0.25, 0.3) is 5.56 Å². The lowest BCUT2D eigenvalue weighted by atomic mass is 10.2. The van der Waals surface area contributed by atoms with Gasteiger partial charge < -0.3 is 5.11 Å². The van der Waals surface area contributed by atoms with E-state index >= 15 is 0 Å². The number of aryl methyl sites for hydroxylation is 1. The van der Waals surface area contributed by atoms with Gasteiger partial charge in [0, 0.05) is 15.5 Å². The molecule has 5 nitrogen and oxygen atoms in total. The molecule has 3 rings (SSSR count). The third-order valence-corrected chi connectivity index (χ3v) is 4.14. The van der Waals surface area contributed by atoms with Crippen LogP contribution >= 0.6 is 22.6 Å². The van der Waals surface area contributed by atoms with Gasteiger partial charge in [-0.25, -0.2) is 4.68 Å². The minimum Gasteiger partial charge on any atom is -0.506 e. The molecule has 1 heterocycles. The zero-order valence-corrected chi connectivity index (χ0v) is 14.5. The number of nitrogens with zero attached hydrogens (tertiary/aromatic N) is 2. The summed E-state index contributed by atoms with van der Waals surface area (Å²) in [4.78, 5) is 16.8. The van der Waals surface area contributed by atoms with Crippen LogP contribution in [0.3, 0.4) is 0 Å². The smallest absolute Gasteiger partial charge is 0.280 e. The number of aromatic hydroxyl groups is 1. The highest BCUT2D eigenvalue weighted by Crippen LogP contribution is 2.24. The number of aliphatic imine (C=N–C) groups is 1. The second kappa shape index (κ2) is 6.41. The predicted octanol–water partition coefficient (Wildman–Crippen LogP) is 3.53. The number of nitrogens with one attached hydrogen (secondary N) is 1. The summed E-state index contributed by atoms with van der Waals surface area (Å²) < 4.78 is 2.58. The molecule has 0 aliphatic carbocycles. The van der Waals surface area contributed by atoms with Crippen LogP contribution in [0.15, 0.2) is 58.3 Å². The van der Waals surface area contributed by atoms with Crippen LogP contribution in [-0.4, -0.2) is 21.1 Å². The molecule has 0 atom stereocenters. The quantitative estimate of drug-likeness (QED) is 0.504. The highest BCUT2D eigenvalue weighted by molar-refractivity contribution is 14.1. The minimum absolute atomic E-state index is 0.0786. The Labute approximate surface area is 146 Å². The standard InChI is InChI=1S/C17H14IN3O2/c1-11-14(10-19-15-4-2-3-5-16(15)22)17(23)21(20-11)13-8-6-12(18)7-9-13/h2-10,20,22H,1H3. The largest absolute Gasteiger partial charge is 0.506 e. The molecule has 0 unspecified atom stereocenters. The van der Waals surface area contributed by atoms with E-state index in [1.165, 1.54) is 10.9 Å². The SMILES string of the molecule is Cc1[nH]n(-c2ccc(I)cc2)c(=O)c1C=Nc1ccccc1O. The molecule has 0 aliphatic heterocycles. The fourth-order valence-corrected chi connectivity index (χ4v) is 2.55. The van der Waals surface area contributed by atoms with Gasteiger partial charge in [0.05, 0.1) is 11.3 Å². The van der Waals surface area contributed by atoms with Crippen molar-refractivity contribution in [3.63, 3.8) is 0 Å². The summed E-state index contributed by atoms with van der Waals surface area (Å²) in [6.07, 6.45) is 1.48. The monoisotopic (exact) mass is 419 g/mol. The maximum Gasteiger partial charge on any atom is 0.280 e. The topological polar surface area (TPSA) is 70.4 Å². The predicted molar refractivity (Wildman–Crippen MR) is 99.2 cm³/mol. The second-order valence-corrected chi connectivity index (χ2v) is 6.26. The van der Waals surface area contributed by atoms with Crippen molar-refractivity contribution in [2.45, 2.75) is 6.92 Å². The first kappa shape index (κ1) is 15.5. The van der Waals surface area contributed by atoms with Crippen LogP contribution in [0.5, 0.6) is 5.75 Å². The summed E-state index contributed by atoms with van der Waals surface area (Å²) in [5.41, 5.74) is 2.19. The van der Waals surface area contributed by atoms with E-state index in [9.17, 15) is 9.90 Å². The number of H-pyrrole nitrogens is 1. The Morgan fingerprint density at radius 2 is 1.87 bits per heavy atom. The second-order valence-electron chi connectivity index (χ2n) is 5.01. The first-order valence-electron chi connectivity index (χ1n) is 6.96. The maximum atomic E-state index is 12.6. The van der Waals surface area contributed by atoms with E-state index in [0.717, 1.165) is 9.26 Å². The molecule has 0 spiro atoms. The van der Waals surface area contributed by atoms with Crippen molar-refractivity contribution in [3.05, 3.63) is 73.7 Å². The third-order valence-electron chi connectivity index (χ3n) is 3.42. The Kier molecular flexibility index (Phi) is 4.33. The summed E-state index contributed by atoms with van der Waals surface area (Å²) in [6.45, 7) is 1.82. The molecule has 0 saturated heterocycles. The lowest BCUT2D eigenvalue weighted by molar-refractivity contribution is 0.477. The zero-order valence-electron chi connectivity index (χ0n) is 12.3. The van der Waals surface area contributed by atoms with Gasteiger partial charge in [-0.15, -0.1) is 0 Å². The van der Waals surface area contributed by atoms with Crippen molar-refractivity contribution < 1.29 is 5.11 Å². The molecule has 3 aromatic rings. The molecule has 2 aromatic carbocycles. The molecule has 0 amide bonds. The molecular weight excluding hydrogens is 405 g/mol. The van der Waals surface area contributed by atoms with Crippen LogP contribution in [0.4, 0.5) is 5.69 Å². The lowest BCUT2D eigenvalue weighted by Crippen LogP contribution is -2.17. The summed E-state index contributed by atoms with van der Waals surface area (Å²) in [7, 11) is 0. The Bertz CT molecular complexity index is 924. The molecule has 0 aliphatic rings. The van der Waals surface area contributed by atoms with E-state index in [1.54, 1.807) is 24.3 Å². The van der Waals surface area contributed by atoms with Gasteiger partial charge in [-0.2, -0.15) is 0 Å². The number of phenolic OH excluding ortho intramolecular Hbond substituents is 1. The highest BCUT2D eigenvalue weighted by Gasteiger charge is 2.10. The van der Waals surface area contributed by atoms with E-state index < -0.39 is 0 Å². The van der Waals surface area contributed by atoms with Gasteiger partial charge in [-0.3, -0.25) is 14.9 Å². The van der Waals surface area contributed by atoms with Gasteiger partial charge in [-0.1, -0.05) is 12.1 Å². The van der Waals surface area contributed by atoms with Crippen molar-refractivity contribution in [2.24, 2.45) is 4.99 Å². The molecule has 2 N–H and O–H groups in total. The zero-order chi connectivity index (χ0) is 16.4. The number of phenols is 1. The van der Waals surface area contributed by atoms with Crippen molar-refractivity contribution >= 4 is 34.5 Å². The lowest BCUT2D eigenvalue weighted by Gasteiger charge is -2.00. The van der Waals surface area contributed by atoms with Crippen molar-refractivity contribution in [1.82, 2.24) is 9.78 Å². The Morgan fingerprint density at radius 3 is 2.57 bits per heavy atom. The average molecular weight is 419 g/mol. The van der Waals surface area contributed by atoms with E-state index in [2.05, 4.69) is 32.7 Å². The number of hydrogen-bond donors (Lipinski definition) is 2. The van der Waals surface area contributed by atoms with Crippen molar-refractivity contribution in [2.75, 3.05) is 0 Å². The number of benzene rings is 2. The van der Waals surface area contributed by atoms with Crippen LogP contribution in [-0.2, 0) is 0 Å². The fourth-order valence-electron chi connectivity index (χ4n) is 2.19. The van der Waals surface area contributed by atoms with Crippen LogP contribution in [0.1, 0.15) is 11.3 Å². The average Bonchev–Trinajstić information content (AvgIpc) is 2.82. The Hall–Kier alpha value is -2.35. The van der Waals surface area contributed by atoms with Crippen molar-refractivity contribution in [3.8, 4) is 11.4 Å². The van der Waals surface area contributed by atoms with Gasteiger partial charge in [0.15, 0.2) is 0 Å². The molecule has 0 bridgehead atoms. The van der Waals surface area contributed by atoms with Crippen LogP contribution in [0.2, 0.25) is 0 Å². The summed E-state index contributed by atoms with van der Waals surface area (Å²) in [5, 5.41) is 12.8. The molecule has 116 valence electrons. The summed E-state index contributed by atoms with van der Waals surface area (Å²) in [5.74, 6) is 0.0786.